The van der Waals surface area contributed by atoms with E-state index in [0.717, 1.165) is 23.1 Å². The number of nitrogens with one attached hydrogen (secondary N) is 1. The van der Waals surface area contributed by atoms with E-state index in [4.69, 9.17) is 5.73 Å². The SMILES string of the molecule is Cc1nn(C)c(NC(C)C2CC2)c1N. The van der Waals surface area contributed by atoms with Gasteiger partial charge in [-0.15, -0.1) is 0 Å². The largest absolute Gasteiger partial charge is 0.394 e. The second-order valence-corrected chi connectivity index (χ2v) is 4.24. The molecule has 0 amide bonds. The molecule has 0 aliphatic heterocycles. The number of nitrogen functional groups attached to an aromatic ring is 1. The molecule has 1 atom stereocenters. The molecule has 0 bridgehead atoms. The summed E-state index contributed by atoms with van der Waals surface area (Å²) in [4.78, 5) is 0. The van der Waals surface area contributed by atoms with Crippen molar-refractivity contribution in [3.05, 3.63) is 5.69 Å². The maximum absolute atomic E-state index is 5.93. The highest BCUT2D eigenvalue weighted by molar-refractivity contribution is 5.64. The van der Waals surface area contributed by atoms with Gasteiger partial charge in [-0.05, 0) is 32.6 Å². The molecule has 1 aliphatic rings. The quantitative estimate of drug-likeness (QED) is 0.767. The lowest BCUT2D eigenvalue weighted by Gasteiger charge is -2.14. The monoisotopic (exact) mass is 194 g/mol. The fraction of sp³-hybridized carbons (Fsp3) is 0.700. The van der Waals surface area contributed by atoms with Gasteiger partial charge in [0.15, 0.2) is 0 Å². The van der Waals surface area contributed by atoms with Gasteiger partial charge in [0.05, 0.1) is 11.4 Å². The molecule has 1 unspecified atom stereocenters. The normalized spacial score (nSPS) is 18.2. The molecule has 1 fully saturated rings. The first kappa shape index (κ1) is 9.37. The van der Waals surface area contributed by atoms with Crippen molar-refractivity contribution >= 4 is 11.5 Å². The molecule has 2 rings (SSSR count). The average molecular weight is 194 g/mol. The van der Waals surface area contributed by atoms with Crippen LogP contribution in [0.3, 0.4) is 0 Å². The van der Waals surface area contributed by atoms with Crippen molar-refractivity contribution in [3.63, 3.8) is 0 Å². The highest BCUT2D eigenvalue weighted by Crippen LogP contribution is 2.35. The van der Waals surface area contributed by atoms with E-state index < -0.39 is 0 Å². The Kier molecular flexibility index (Phi) is 2.13. The Hall–Kier alpha value is -1.19. The number of hydrogen-bond donors (Lipinski definition) is 2. The van der Waals surface area contributed by atoms with Crippen LogP contribution in [0, 0.1) is 12.8 Å². The molecule has 1 aliphatic carbocycles. The van der Waals surface area contributed by atoms with Gasteiger partial charge < -0.3 is 11.1 Å². The summed E-state index contributed by atoms with van der Waals surface area (Å²) in [5, 5.41) is 7.71. The summed E-state index contributed by atoms with van der Waals surface area (Å²) in [6, 6.07) is 0.507. The molecule has 4 nitrogen and oxygen atoms in total. The van der Waals surface area contributed by atoms with Crippen LogP contribution in [0.5, 0.6) is 0 Å². The predicted octanol–water partition coefficient (Wildman–Crippen LogP) is 1.52. The van der Waals surface area contributed by atoms with Crippen LogP contribution in [0.15, 0.2) is 0 Å². The van der Waals surface area contributed by atoms with E-state index in [1.807, 2.05) is 18.7 Å². The minimum Gasteiger partial charge on any atom is -0.394 e. The van der Waals surface area contributed by atoms with Crippen LogP contribution in [0.2, 0.25) is 0 Å². The Labute approximate surface area is 84.5 Å². The van der Waals surface area contributed by atoms with Gasteiger partial charge in [-0.25, -0.2) is 0 Å². The molecule has 1 aromatic rings. The fourth-order valence-corrected chi connectivity index (χ4v) is 1.78. The first-order valence-electron chi connectivity index (χ1n) is 5.15. The summed E-state index contributed by atoms with van der Waals surface area (Å²) >= 11 is 0. The van der Waals surface area contributed by atoms with Gasteiger partial charge in [-0.1, -0.05) is 0 Å². The third-order valence-corrected chi connectivity index (χ3v) is 2.96. The molecule has 0 spiro atoms. The molecule has 0 radical (unpaired) electrons. The van der Waals surface area contributed by atoms with E-state index in [1.54, 1.807) is 0 Å². The van der Waals surface area contributed by atoms with Crippen molar-refractivity contribution in [3.8, 4) is 0 Å². The Morgan fingerprint density at radius 1 is 1.57 bits per heavy atom. The predicted molar refractivity (Wildman–Crippen MR) is 58.2 cm³/mol. The molecular formula is C10H18N4. The first-order chi connectivity index (χ1) is 6.59. The number of nitrogens with two attached hydrogens (primary N) is 1. The lowest BCUT2D eigenvalue weighted by molar-refractivity contribution is 0.671. The van der Waals surface area contributed by atoms with Crippen molar-refractivity contribution in [2.45, 2.75) is 32.7 Å². The van der Waals surface area contributed by atoms with Crippen LogP contribution >= 0.6 is 0 Å². The number of anilines is 2. The molecule has 14 heavy (non-hydrogen) atoms. The van der Waals surface area contributed by atoms with E-state index in [-0.39, 0.29) is 0 Å². The second-order valence-electron chi connectivity index (χ2n) is 4.24. The van der Waals surface area contributed by atoms with Gasteiger partial charge >= 0.3 is 0 Å². The van der Waals surface area contributed by atoms with E-state index in [1.165, 1.54) is 12.8 Å². The van der Waals surface area contributed by atoms with Crippen molar-refractivity contribution in [1.82, 2.24) is 9.78 Å². The zero-order valence-electron chi connectivity index (χ0n) is 9.04. The molecular weight excluding hydrogens is 176 g/mol. The lowest BCUT2D eigenvalue weighted by Crippen LogP contribution is -2.20. The summed E-state index contributed by atoms with van der Waals surface area (Å²) in [7, 11) is 1.92. The number of aromatic nitrogens is 2. The third-order valence-electron chi connectivity index (χ3n) is 2.96. The molecule has 0 saturated heterocycles. The third kappa shape index (κ3) is 1.56. The van der Waals surface area contributed by atoms with Gasteiger partial charge in [-0.2, -0.15) is 5.10 Å². The van der Waals surface area contributed by atoms with Crippen LogP contribution in [0.4, 0.5) is 11.5 Å². The molecule has 4 heteroatoms. The Morgan fingerprint density at radius 3 is 2.64 bits per heavy atom. The van der Waals surface area contributed by atoms with Gasteiger partial charge in [0.2, 0.25) is 0 Å². The van der Waals surface area contributed by atoms with Crippen molar-refractivity contribution in [1.29, 1.82) is 0 Å². The molecule has 1 saturated carbocycles. The van der Waals surface area contributed by atoms with Crippen LogP contribution in [0.1, 0.15) is 25.5 Å². The highest BCUT2D eigenvalue weighted by Gasteiger charge is 2.28. The number of nitrogens with zero attached hydrogens (tertiary/aromatic N) is 2. The van der Waals surface area contributed by atoms with Gasteiger partial charge in [0.1, 0.15) is 5.82 Å². The minimum atomic E-state index is 0.507. The summed E-state index contributed by atoms with van der Waals surface area (Å²) in [6.07, 6.45) is 2.68. The van der Waals surface area contributed by atoms with Crippen molar-refractivity contribution in [2.24, 2.45) is 13.0 Å². The van der Waals surface area contributed by atoms with Gasteiger partial charge in [0, 0.05) is 13.1 Å². The first-order valence-corrected chi connectivity index (χ1v) is 5.15. The van der Waals surface area contributed by atoms with Crippen LogP contribution in [-0.4, -0.2) is 15.8 Å². The molecule has 0 aromatic carbocycles. The Morgan fingerprint density at radius 2 is 2.21 bits per heavy atom. The van der Waals surface area contributed by atoms with Gasteiger partial charge in [-0.3, -0.25) is 4.68 Å². The van der Waals surface area contributed by atoms with Crippen LogP contribution < -0.4 is 11.1 Å². The van der Waals surface area contributed by atoms with E-state index in [9.17, 15) is 0 Å². The number of hydrogen-bond acceptors (Lipinski definition) is 3. The lowest BCUT2D eigenvalue weighted by atomic mass is 10.2. The topological polar surface area (TPSA) is 55.9 Å². The minimum absolute atomic E-state index is 0.507. The summed E-state index contributed by atoms with van der Waals surface area (Å²) in [5.41, 5.74) is 7.61. The standard InChI is InChI=1S/C10H18N4/c1-6(8-4-5-8)12-10-9(11)7(2)13-14(10)3/h6,8,12H,4-5,11H2,1-3H3. The van der Waals surface area contributed by atoms with Crippen molar-refractivity contribution in [2.75, 3.05) is 11.1 Å². The highest BCUT2D eigenvalue weighted by atomic mass is 15.3. The molecule has 3 N–H and O–H groups in total. The second kappa shape index (κ2) is 3.19. The Balaban J connectivity index is 2.14. The zero-order valence-corrected chi connectivity index (χ0v) is 9.04. The molecule has 78 valence electrons. The summed E-state index contributed by atoms with van der Waals surface area (Å²) < 4.78 is 1.82. The summed E-state index contributed by atoms with van der Waals surface area (Å²) in [6.45, 7) is 4.14. The van der Waals surface area contributed by atoms with Crippen LogP contribution in [0.25, 0.3) is 0 Å². The van der Waals surface area contributed by atoms with E-state index in [0.29, 0.717) is 6.04 Å². The van der Waals surface area contributed by atoms with Gasteiger partial charge in [0.25, 0.3) is 0 Å². The Bertz CT molecular complexity index is 338. The maximum Gasteiger partial charge on any atom is 0.147 e. The average Bonchev–Trinajstić information content (AvgIpc) is 2.91. The number of rotatable bonds is 3. The smallest absolute Gasteiger partial charge is 0.147 e. The van der Waals surface area contributed by atoms with E-state index in [2.05, 4.69) is 17.3 Å². The fourth-order valence-electron chi connectivity index (χ4n) is 1.78. The molecule has 1 aromatic heterocycles. The number of aryl methyl sites for hydroxylation is 2. The van der Waals surface area contributed by atoms with Crippen molar-refractivity contribution < 1.29 is 0 Å². The zero-order chi connectivity index (χ0) is 10.3. The molecule has 1 heterocycles. The van der Waals surface area contributed by atoms with Crippen LogP contribution in [-0.2, 0) is 7.05 Å². The summed E-state index contributed by atoms with van der Waals surface area (Å²) in [5.74, 6) is 1.78. The van der Waals surface area contributed by atoms with E-state index >= 15 is 0 Å². The maximum atomic E-state index is 5.93.